The Kier molecular flexibility index (Phi) is 37.2. The van der Waals surface area contributed by atoms with Crippen molar-refractivity contribution in [3.63, 3.8) is 0 Å². The van der Waals surface area contributed by atoms with Crippen molar-refractivity contribution in [2.45, 2.75) is 232 Å². The second-order valence-corrected chi connectivity index (χ2v) is 16.0. The van der Waals surface area contributed by atoms with Crippen molar-refractivity contribution in [2.75, 3.05) is 33.8 Å². The molecule has 2 atom stereocenters. The third-order valence-electron chi connectivity index (χ3n) is 10.7. The predicted octanol–water partition coefficient (Wildman–Crippen LogP) is 12.6. The summed E-state index contributed by atoms with van der Waals surface area (Å²) in [5, 5.41) is 0. The molecule has 0 radical (unpaired) electrons. The molecule has 1 amide bonds. The molecule has 0 heterocycles. The van der Waals surface area contributed by atoms with Crippen LogP contribution in [0.1, 0.15) is 226 Å². The summed E-state index contributed by atoms with van der Waals surface area (Å²) in [6.07, 6.45) is 37.2. The molecule has 0 aliphatic rings. The molecule has 0 aromatic heterocycles. The van der Waals surface area contributed by atoms with E-state index in [-0.39, 0.29) is 5.97 Å². The van der Waals surface area contributed by atoms with Gasteiger partial charge in [0.1, 0.15) is 6.29 Å². The average molecular weight is 721 g/mol. The van der Waals surface area contributed by atoms with Gasteiger partial charge in [-0.2, -0.15) is 0 Å². The molecule has 302 valence electrons. The molecule has 6 nitrogen and oxygen atoms in total. The molecule has 0 N–H and O–H groups in total. The van der Waals surface area contributed by atoms with Crippen LogP contribution in [0.25, 0.3) is 0 Å². The number of rotatable bonds is 40. The minimum atomic E-state index is -0.00570. The lowest BCUT2D eigenvalue weighted by Crippen LogP contribution is -2.41. The van der Waals surface area contributed by atoms with Gasteiger partial charge < -0.3 is 19.3 Å². The van der Waals surface area contributed by atoms with E-state index in [2.05, 4.69) is 44.7 Å². The van der Waals surface area contributed by atoms with E-state index in [0.717, 1.165) is 70.7 Å². The van der Waals surface area contributed by atoms with Gasteiger partial charge >= 0.3 is 5.97 Å². The fourth-order valence-electron chi connectivity index (χ4n) is 7.34. The van der Waals surface area contributed by atoms with Gasteiger partial charge in [0, 0.05) is 31.8 Å². The van der Waals surface area contributed by atoms with Crippen molar-refractivity contribution in [3.8, 4) is 0 Å². The van der Waals surface area contributed by atoms with Crippen molar-refractivity contribution >= 4 is 18.2 Å². The molecule has 0 rings (SSSR count). The summed E-state index contributed by atoms with van der Waals surface area (Å²) in [5.74, 6) is 0.903. The van der Waals surface area contributed by atoms with E-state index in [4.69, 9.17) is 4.74 Å². The first-order valence-corrected chi connectivity index (χ1v) is 22.4. The Morgan fingerprint density at radius 2 is 1.00 bits per heavy atom. The minimum absolute atomic E-state index is 0.00570. The van der Waals surface area contributed by atoms with Crippen LogP contribution in [0.15, 0.2) is 0 Å². The van der Waals surface area contributed by atoms with E-state index in [0.29, 0.717) is 43.7 Å². The highest BCUT2D eigenvalue weighted by atomic mass is 16.5. The summed E-state index contributed by atoms with van der Waals surface area (Å²) < 4.78 is 5.74. The number of nitrogens with zero attached hydrogens (tertiary/aromatic N) is 2. The number of amides is 1. The Morgan fingerprint density at radius 3 is 1.57 bits per heavy atom. The molecule has 0 aromatic rings. The Labute approximate surface area is 318 Å². The van der Waals surface area contributed by atoms with Gasteiger partial charge in [-0.05, 0) is 77.9 Å². The molecule has 6 heteroatoms. The highest BCUT2D eigenvalue weighted by molar-refractivity contribution is 5.76. The molecular weight excluding hydrogens is 633 g/mol. The Bertz CT molecular complexity index is 773. The van der Waals surface area contributed by atoms with Gasteiger partial charge in [-0.1, -0.05) is 156 Å². The van der Waals surface area contributed by atoms with Gasteiger partial charge in [0.15, 0.2) is 0 Å². The van der Waals surface area contributed by atoms with Gasteiger partial charge in [-0.25, -0.2) is 0 Å². The standard InChI is InChI=1S/C45H88N2O4/c1-6-9-12-14-22-28-36-44(49)47(39-31-38-46(4)5)43(34-26-20-16-15-19-24-30-40-48)35-27-21-17-18-23-29-37-45(50)51-41-42(32-11-8-3)33-25-13-10-7-2/h40,42-43H,6-39,41H2,1-5H3. The van der Waals surface area contributed by atoms with Crippen LogP contribution in [0, 0.1) is 5.92 Å². The third kappa shape index (κ3) is 32.9. The zero-order valence-corrected chi connectivity index (χ0v) is 35.0. The molecule has 0 aliphatic heterocycles. The van der Waals surface area contributed by atoms with E-state index < -0.39 is 0 Å². The normalized spacial score (nSPS) is 12.7. The average Bonchev–Trinajstić information content (AvgIpc) is 3.12. The van der Waals surface area contributed by atoms with Crippen LogP contribution in [0.5, 0.6) is 0 Å². The van der Waals surface area contributed by atoms with Gasteiger partial charge in [-0.3, -0.25) is 9.59 Å². The number of carbonyl (C=O) groups excluding carboxylic acids is 3. The lowest BCUT2D eigenvalue weighted by Gasteiger charge is -2.33. The smallest absolute Gasteiger partial charge is 0.305 e. The summed E-state index contributed by atoms with van der Waals surface area (Å²) in [6, 6.07) is 0.345. The zero-order chi connectivity index (χ0) is 37.6. The highest BCUT2D eigenvalue weighted by Gasteiger charge is 2.23. The minimum Gasteiger partial charge on any atom is -0.465 e. The van der Waals surface area contributed by atoms with E-state index in [1.54, 1.807) is 0 Å². The van der Waals surface area contributed by atoms with Gasteiger partial charge in [0.05, 0.1) is 6.61 Å². The van der Waals surface area contributed by atoms with Crippen molar-refractivity contribution < 1.29 is 19.1 Å². The molecule has 51 heavy (non-hydrogen) atoms. The largest absolute Gasteiger partial charge is 0.465 e. The first-order chi connectivity index (χ1) is 24.9. The summed E-state index contributed by atoms with van der Waals surface area (Å²) >= 11 is 0. The fraction of sp³-hybridized carbons (Fsp3) is 0.933. The fourth-order valence-corrected chi connectivity index (χ4v) is 7.34. The SMILES string of the molecule is CCCCCCCCC(=O)N(CCCN(C)C)C(CCCCCCCCC=O)CCCCCCCCC(=O)OCC(CCCC)CCCCCC. The Hall–Kier alpha value is -1.43. The van der Waals surface area contributed by atoms with Crippen molar-refractivity contribution in [1.82, 2.24) is 9.80 Å². The molecule has 0 spiro atoms. The maximum Gasteiger partial charge on any atom is 0.305 e. The maximum atomic E-state index is 13.7. The number of esters is 1. The van der Waals surface area contributed by atoms with Crippen LogP contribution in [0.3, 0.4) is 0 Å². The molecule has 0 saturated heterocycles. The van der Waals surface area contributed by atoms with Crippen molar-refractivity contribution in [3.05, 3.63) is 0 Å². The van der Waals surface area contributed by atoms with E-state index in [1.807, 2.05) is 0 Å². The summed E-state index contributed by atoms with van der Waals surface area (Å²) in [5.41, 5.74) is 0. The molecular formula is C45H88N2O4. The van der Waals surface area contributed by atoms with Gasteiger partial charge in [0.25, 0.3) is 0 Å². The van der Waals surface area contributed by atoms with Crippen LogP contribution in [0.4, 0.5) is 0 Å². The predicted molar refractivity (Wildman–Crippen MR) is 219 cm³/mol. The number of hydrogen-bond acceptors (Lipinski definition) is 5. The van der Waals surface area contributed by atoms with Crippen molar-refractivity contribution in [1.29, 1.82) is 0 Å². The molecule has 0 aromatic carbocycles. The summed E-state index contributed by atoms with van der Waals surface area (Å²) in [4.78, 5) is 41.3. The molecule has 2 unspecified atom stereocenters. The number of aldehydes is 1. The molecule has 0 bridgehead atoms. The van der Waals surface area contributed by atoms with Crippen LogP contribution in [-0.2, 0) is 19.1 Å². The zero-order valence-electron chi connectivity index (χ0n) is 35.0. The summed E-state index contributed by atoms with van der Waals surface area (Å²) in [6.45, 7) is 9.24. The Morgan fingerprint density at radius 1 is 0.529 bits per heavy atom. The van der Waals surface area contributed by atoms with Crippen LogP contribution >= 0.6 is 0 Å². The van der Waals surface area contributed by atoms with Crippen LogP contribution < -0.4 is 0 Å². The monoisotopic (exact) mass is 721 g/mol. The molecule has 0 aliphatic carbocycles. The Balaban J connectivity index is 4.80. The summed E-state index contributed by atoms with van der Waals surface area (Å²) in [7, 11) is 4.25. The van der Waals surface area contributed by atoms with E-state index in [1.165, 1.54) is 135 Å². The maximum absolute atomic E-state index is 13.7. The number of unbranched alkanes of at least 4 members (excludes halogenated alkanes) is 20. The van der Waals surface area contributed by atoms with Gasteiger partial charge in [-0.15, -0.1) is 0 Å². The second kappa shape index (κ2) is 38.3. The second-order valence-electron chi connectivity index (χ2n) is 16.0. The first-order valence-electron chi connectivity index (χ1n) is 22.4. The third-order valence-corrected chi connectivity index (χ3v) is 10.7. The number of hydrogen-bond donors (Lipinski definition) is 0. The van der Waals surface area contributed by atoms with Crippen LogP contribution in [-0.4, -0.2) is 67.8 Å². The van der Waals surface area contributed by atoms with E-state index >= 15 is 0 Å². The quantitative estimate of drug-likeness (QED) is 0.0358. The number of ether oxygens (including phenoxy) is 1. The lowest BCUT2D eigenvalue weighted by molar-refractivity contribution is -0.145. The van der Waals surface area contributed by atoms with Crippen molar-refractivity contribution in [2.24, 2.45) is 5.92 Å². The van der Waals surface area contributed by atoms with Crippen LogP contribution in [0.2, 0.25) is 0 Å². The highest BCUT2D eigenvalue weighted by Crippen LogP contribution is 2.22. The topological polar surface area (TPSA) is 66.9 Å². The molecule has 0 fully saturated rings. The first kappa shape index (κ1) is 49.6. The van der Waals surface area contributed by atoms with Gasteiger partial charge in [0.2, 0.25) is 5.91 Å². The molecule has 0 saturated carbocycles. The number of carbonyl (C=O) groups is 3. The lowest BCUT2D eigenvalue weighted by atomic mass is 9.96. The van der Waals surface area contributed by atoms with E-state index in [9.17, 15) is 14.4 Å².